The Balaban J connectivity index is 2.26. The molecule has 1 unspecified atom stereocenters. The molecule has 0 saturated heterocycles. The molecule has 0 amide bonds. The van der Waals surface area contributed by atoms with Crippen LogP contribution in [0, 0.1) is 5.92 Å². The Kier molecular flexibility index (Phi) is 6.24. The number of rotatable bonds is 8. The number of unbranched alkanes of at least 4 members (excludes halogenated alkanes) is 1. The summed E-state index contributed by atoms with van der Waals surface area (Å²) in [6.07, 6.45) is 6.98. The summed E-state index contributed by atoms with van der Waals surface area (Å²) >= 11 is 0. The summed E-state index contributed by atoms with van der Waals surface area (Å²) in [7, 11) is 0. The van der Waals surface area contributed by atoms with Crippen LogP contribution in [-0.4, -0.2) is 6.54 Å². The first-order valence-electron chi connectivity index (χ1n) is 6.54. The molecule has 1 rings (SSSR count). The van der Waals surface area contributed by atoms with Crippen molar-refractivity contribution in [1.82, 2.24) is 5.32 Å². The molecule has 1 heterocycles. The lowest BCUT2D eigenvalue weighted by Gasteiger charge is -2.18. The van der Waals surface area contributed by atoms with E-state index in [2.05, 4.69) is 26.1 Å². The van der Waals surface area contributed by atoms with Crippen LogP contribution in [0.3, 0.4) is 0 Å². The molecule has 0 radical (unpaired) electrons. The summed E-state index contributed by atoms with van der Waals surface area (Å²) in [6.45, 7) is 7.79. The lowest BCUT2D eigenvalue weighted by Crippen LogP contribution is -2.25. The first-order chi connectivity index (χ1) is 7.77. The van der Waals surface area contributed by atoms with Crippen molar-refractivity contribution in [3.05, 3.63) is 24.2 Å². The molecular formula is C14H25NO. The summed E-state index contributed by atoms with van der Waals surface area (Å²) in [5.74, 6) is 1.84. The minimum absolute atomic E-state index is 0.325. The van der Waals surface area contributed by atoms with Crippen LogP contribution in [0.5, 0.6) is 0 Å². The molecule has 0 saturated carbocycles. The Morgan fingerprint density at radius 3 is 2.75 bits per heavy atom. The highest BCUT2D eigenvalue weighted by atomic mass is 16.3. The van der Waals surface area contributed by atoms with Crippen LogP contribution in [0.2, 0.25) is 0 Å². The highest BCUT2D eigenvalue weighted by molar-refractivity contribution is 5.02. The maximum Gasteiger partial charge on any atom is 0.120 e. The molecule has 0 spiro atoms. The first-order valence-corrected chi connectivity index (χ1v) is 6.54. The molecule has 0 aliphatic rings. The maximum absolute atomic E-state index is 5.38. The van der Waals surface area contributed by atoms with Crippen LogP contribution < -0.4 is 5.32 Å². The van der Waals surface area contributed by atoms with Gasteiger partial charge in [0.15, 0.2) is 0 Å². The Morgan fingerprint density at radius 1 is 1.38 bits per heavy atom. The molecule has 16 heavy (non-hydrogen) atoms. The second-order valence-electron chi connectivity index (χ2n) is 4.56. The lowest BCUT2D eigenvalue weighted by molar-refractivity contribution is 0.369. The van der Waals surface area contributed by atoms with Gasteiger partial charge in [0.25, 0.3) is 0 Å². The van der Waals surface area contributed by atoms with Crippen molar-refractivity contribution in [3.63, 3.8) is 0 Å². The van der Waals surface area contributed by atoms with Gasteiger partial charge in [0.1, 0.15) is 5.76 Å². The van der Waals surface area contributed by atoms with Crippen LogP contribution in [0.1, 0.15) is 58.3 Å². The fraction of sp³-hybridized carbons (Fsp3) is 0.714. The van der Waals surface area contributed by atoms with Crippen molar-refractivity contribution < 1.29 is 4.42 Å². The molecule has 0 aliphatic heterocycles. The zero-order chi connectivity index (χ0) is 11.8. The summed E-state index contributed by atoms with van der Waals surface area (Å²) in [6, 6.07) is 4.30. The van der Waals surface area contributed by atoms with Gasteiger partial charge in [-0.05, 0) is 37.9 Å². The van der Waals surface area contributed by atoms with Gasteiger partial charge in [-0.1, -0.05) is 33.1 Å². The Morgan fingerprint density at radius 2 is 2.19 bits per heavy atom. The standard InChI is InChI=1S/C14H25NO/c1-4-6-8-13(5-2)11-15-12(3)14-9-7-10-16-14/h7,9-10,12-13,15H,4-6,8,11H2,1-3H3/t12-,13?/m0/s1. The van der Waals surface area contributed by atoms with Gasteiger partial charge in [0, 0.05) is 0 Å². The Bertz CT molecular complexity index is 256. The largest absolute Gasteiger partial charge is 0.468 e. The third kappa shape index (κ3) is 4.40. The van der Waals surface area contributed by atoms with E-state index >= 15 is 0 Å². The van der Waals surface area contributed by atoms with Crippen LogP contribution in [0.15, 0.2) is 22.8 Å². The molecule has 2 nitrogen and oxygen atoms in total. The maximum atomic E-state index is 5.38. The molecule has 2 atom stereocenters. The zero-order valence-corrected chi connectivity index (χ0v) is 10.8. The molecule has 1 N–H and O–H groups in total. The van der Waals surface area contributed by atoms with E-state index in [0.717, 1.165) is 18.2 Å². The van der Waals surface area contributed by atoms with Crippen LogP contribution >= 0.6 is 0 Å². The van der Waals surface area contributed by atoms with Gasteiger partial charge in [0.05, 0.1) is 12.3 Å². The average Bonchev–Trinajstić information content (AvgIpc) is 2.82. The van der Waals surface area contributed by atoms with Crippen molar-refractivity contribution in [2.24, 2.45) is 5.92 Å². The number of furan rings is 1. The van der Waals surface area contributed by atoms with Gasteiger partial charge < -0.3 is 9.73 Å². The van der Waals surface area contributed by atoms with Crippen LogP contribution in [0.25, 0.3) is 0 Å². The minimum Gasteiger partial charge on any atom is -0.468 e. The fourth-order valence-corrected chi connectivity index (χ4v) is 1.93. The van der Waals surface area contributed by atoms with Gasteiger partial charge in [-0.3, -0.25) is 0 Å². The van der Waals surface area contributed by atoms with E-state index in [-0.39, 0.29) is 0 Å². The average molecular weight is 223 g/mol. The van der Waals surface area contributed by atoms with Crippen LogP contribution in [0.4, 0.5) is 0 Å². The van der Waals surface area contributed by atoms with Crippen molar-refractivity contribution >= 4 is 0 Å². The normalized spacial score (nSPS) is 14.9. The Labute approximate surface area is 99.4 Å². The van der Waals surface area contributed by atoms with E-state index in [1.807, 2.05) is 12.1 Å². The molecule has 0 aromatic carbocycles. The summed E-state index contributed by atoms with van der Waals surface area (Å²) in [4.78, 5) is 0. The first kappa shape index (κ1) is 13.3. The van der Waals surface area contributed by atoms with Gasteiger partial charge in [-0.2, -0.15) is 0 Å². The summed E-state index contributed by atoms with van der Waals surface area (Å²) in [5, 5.41) is 3.55. The number of hydrogen-bond donors (Lipinski definition) is 1. The van der Waals surface area contributed by atoms with Gasteiger partial charge in [-0.15, -0.1) is 0 Å². The van der Waals surface area contributed by atoms with E-state index in [1.165, 1.54) is 25.7 Å². The SMILES string of the molecule is CCCCC(CC)CN[C@@H](C)c1ccco1. The minimum atomic E-state index is 0.325. The van der Waals surface area contributed by atoms with Crippen molar-refractivity contribution in [2.45, 2.75) is 52.5 Å². The highest BCUT2D eigenvalue weighted by Crippen LogP contribution is 2.15. The quantitative estimate of drug-likeness (QED) is 0.716. The second kappa shape index (κ2) is 7.50. The summed E-state index contributed by atoms with van der Waals surface area (Å²) < 4.78 is 5.38. The summed E-state index contributed by atoms with van der Waals surface area (Å²) in [5.41, 5.74) is 0. The van der Waals surface area contributed by atoms with Crippen LogP contribution in [-0.2, 0) is 0 Å². The third-order valence-electron chi connectivity index (χ3n) is 3.23. The zero-order valence-electron chi connectivity index (χ0n) is 10.8. The predicted molar refractivity (Wildman–Crippen MR) is 68.4 cm³/mol. The molecular weight excluding hydrogens is 198 g/mol. The van der Waals surface area contributed by atoms with Crippen molar-refractivity contribution in [1.29, 1.82) is 0 Å². The van der Waals surface area contributed by atoms with E-state index in [9.17, 15) is 0 Å². The van der Waals surface area contributed by atoms with E-state index < -0.39 is 0 Å². The van der Waals surface area contributed by atoms with E-state index in [0.29, 0.717) is 6.04 Å². The van der Waals surface area contributed by atoms with Gasteiger partial charge >= 0.3 is 0 Å². The third-order valence-corrected chi connectivity index (χ3v) is 3.23. The highest BCUT2D eigenvalue weighted by Gasteiger charge is 2.10. The molecule has 2 heteroatoms. The molecule has 1 aromatic heterocycles. The topological polar surface area (TPSA) is 25.2 Å². The van der Waals surface area contributed by atoms with E-state index in [1.54, 1.807) is 6.26 Å². The fourth-order valence-electron chi connectivity index (χ4n) is 1.93. The van der Waals surface area contributed by atoms with Crippen molar-refractivity contribution in [2.75, 3.05) is 6.54 Å². The smallest absolute Gasteiger partial charge is 0.120 e. The van der Waals surface area contributed by atoms with Gasteiger partial charge in [-0.25, -0.2) is 0 Å². The Hall–Kier alpha value is -0.760. The molecule has 0 fully saturated rings. The van der Waals surface area contributed by atoms with Crippen molar-refractivity contribution in [3.8, 4) is 0 Å². The lowest BCUT2D eigenvalue weighted by atomic mass is 9.99. The monoisotopic (exact) mass is 223 g/mol. The van der Waals surface area contributed by atoms with Gasteiger partial charge in [0.2, 0.25) is 0 Å². The predicted octanol–water partition coefficient (Wildman–Crippen LogP) is 4.15. The molecule has 92 valence electrons. The number of nitrogens with one attached hydrogen (secondary N) is 1. The molecule has 0 bridgehead atoms. The molecule has 1 aromatic rings. The second-order valence-corrected chi connectivity index (χ2v) is 4.56. The van der Waals surface area contributed by atoms with E-state index in [4.69, 9.17) is 4.42 Å². The number of hydrogen-bond acceptors (Lipinski definition) is 2. The molecule has 0 aliphatic carbocycles.